The molecule has 0 aliphatic carbocycles. The van der Waals surface area contributed by atoms with Crippen LogP contribution in [0.2, 0.25) is 0 Å². The Morgan fingerprint density at radius 2 is 1.91 bits per heavy atom. The number of benzene rings is 2. The summed E-state index contributed by atoms with van der Waals surface area (Å²) in [5.41, 5.74) is 6.14. The highest BCUT2D eigenvalue weighted by Gasteiger charge is 2.06. The highest BCUT2D eigenvalue weighted by molar-refractivity contribution is 5.81. The predicted molar refractivity (Wildman–Crippen MR) is 89.1 cm³/mol. The van der Waals surface area contributed by atoms with E-state index in [2.05, 4.69) is 0 Å². The van der Waals surface area contributed by atoms with Gasteiger partial charge in [0.25, 0.3) is 5.56 Å². The minimum Gasteiger partial charge on any atom is -0.493 e. The number of aryl methyl sites for hydroxylation is 1. The number of nitrogens with two attached hydrogens (primary N) is 1. The first kappa shape index (κ1) is 15.1. The van der Waals surface area contributed by atoms with Gasteiger partial charge in [-0.15, -0.1) is 0 Å². The number of rotatable bonds is 5. The van der Waals surface area contributed by atoms with Gasteiger partial charge in [0.15, 0.2) is 0 Å². The second kappa shape index (κ2) is 6.52. The van der Waals surface area contributed by atoms with Crippen LogP contribution < -0.4 is 16.0 Å². The van der Waals surface area contributed by atoms with Crippen molar-refractivity contribution in [3.63, 3.8) is 0 Å². The molecule has 0 radical (unpaired) electrons. The summed E-state index contributed by atoms with van der Waals surface area (Å²) in [4.78, 5) is 12.3. The van der Waals surface area contributed by atoms with Crippen molar-refractivity contribution in [1.29, 1.82) is 0 Å². The molecule has 1 heterocycles. The van der Waals surface area contributed by atoms with Crippen LogP contribution in [0, 0.1) is 5.82 Å². The number of aromatic nitrogens is 1. The van der Waals surface area contributed by atoms with Crippen LogP contribution in [-0.4, -0.2) is 11.2 Å². The fourth-order valence-electron chi connectivity index (χ4n) is 2.49. The van der Waals surface area contributed by atoms with Crippen LogP contribution in [-0.2, 0) is 6.54 Å². The van der Waals surface area contributed by atoms with Crippen LogP contribution in [0.25, 0.3) is 10.8 Å². The number of hydrogen-bond donors (Lipinski definition) is 1. The third kappa shape index (κ3) is 3.34. The average Bonchev–Trinajstić information content (AvgIpc) is 2.54. The fraction of sp³-hybridized carbons (Fsp3) is 0.167. The summed E-state index contributed by atoms with van der Waals surface area (Å²) in [5.74, 6) is 0.328. The topological polar surface area (TPSA) is 57.2 Å². The van der Waals surface area contributed by atoms with Gasteiger partial charge in [-0.3, -0.25) is 4.79 Å². The van der Waals surface area contributed by atoms with E-state index in [9.17, 15) is 9.18 Å². The molecule has 0 aliphatic rings. The Balaban J connectivity index is 1.66. The number of hydrogen-bond acceptors (Lipinski definition) is 3. The van der Waals surface area contributed by atoms with Gasteiger partial charge in [-0.05, 0) is 36.8 Å². The molecular formula is C18H17FN2O2. The van der Waals surface area contributed by atoms with E-state index < -0.39 is 0 Å². The Morgan fingerprint density at radius 1 is 1.09 bits per heavy atom. The van der Waals surface area contributed by atoms with Gasteiger partial charge in [0, 0.05) is 29.9 Å². The van der Waals surface area contributed by atoms with Gasteiger partial charge >= 0.3 is 0 Å². The highest BCUT2D eigenvalue weighted by atomic mass is 19.1. The maximum Gasteiger partial charge on any atom is 0.258 e. The minimum atomic E-state index is -0.378. The van der Waals surface area contributed by atoms with Crippen LogP contribution in [0.15, 0.2) is 59.5 Å². The molecule has 0 atom stereocenters. The molecule has 118 valence electrons. The van der Waals surface area contributed by atoms with E-state index in [-0.39, 0.29) is 11.4 Å². The SMILES string of the molecule is Nc1cccc(OCCCn2ccc3c(F)cccc3c2=O)c1. The molecular weight excluding hydrogens is 295 g/mol. The molecule has 2 N–H and O–H groups in total. The highest BCUT2D eigenvalue weighted by Crippen LogP contribution is 2.15. The Bertz CT molecular complexity index is 890. The van der Waals surface area contributed by atoms with Crippen molar-refractivity contribution in [3.05, 3.63) is 70.9 Å². The number of nitrogens with zero attached hydrogens (tertiary/aromatic N) is 1. The van der Waals surface area contributed by atoms with Gasteiger partial charge in [0.2, 0.25) is 0 Å². The summed E-state index contributed by atoms with van der Waals surface area (Å²) in [5, 5.41) is 0.744. The number of ether oxygens (including phenoxy) is 1. The lowest BCUT2D eigenvalue weighted by molar-refractivity contribution is 0.301. The molecule has 1 aromatic heterocycles. The number of halogens is 1. The zero-order valence-corrected chi connectivity index (χ0v) is 12.5. The molecule has 23 heavy (non-hydrogen) atoms. The van der Waals surface area contributed by atoms with Gasteiger partial charge in [0.05, 0.1) is 12.0 Å². The van der Waals surface area contributed by atoms with Crippen LogP contribution in [0.3, 0.4) is 0 Å². The molecule has 5 heteroatoms. The largest absolute Gasteiger partial charge is 0.493 e. The molecule has 0 aliphatic heterocycles. The van der Waals surface area contributed by atoms with Gasteiger partial charge < -0.3 is 15.0 Å². The van der Waals surface area contributed by atoms with Crippen molar-refractivity contribution in [2.24, 2.45) is 0 Å². The van der Waals surface area contributed by atoms with E-state index in [0.717, 1.165) is 0 Å². The zero-order chi connectivity index (χ0) is 16.2. The van der Waals surface area contributed by atoms with Crippen molar-refractivity contribution in [2.75, 3.05) is 12.3 Å². The van der Waals surface area contributed by atoms with Crippen molar-refractivity contribution < 1.29 is 9.13 Å². The molecule has 3 rings (SSSR count). The van der Waals surface area contributed by atoms with Crippen LogP contribution in [0.1, 0.15) is 6.42 Å². The molecule has 0 spiro atoms. The van der Waals surface area contributed by atoms with Crippen molar-refractivity contribution in [3.8, 4) is 5.75 Å². The lowest BCUT2D eigenvalue weighted by atomic mass is 10.1. The smallest absolute Gasteiger partial charge is 0.258 e. The van der Waals surface area contributed by atoms with E-state index in [1.165, 1.54) is 6.07 Å². The summed E-state index contributed by atoms with van der Waals surface area (Å²) in [6, 6.07) is 13.4. The maximum absolute atomic E-state index is 13.6. The summed E-state index contributed by atoms with van der Waals surface area (Å²) in [6.45, 7) is 0.977. The first-order chi connectivity index (χ1) is 11.1. The zero-order valence-electron chi connectivity index (χ0n) is 12.5. The van der Waals surface area contributed by atoms with Crippen LogP contribution in [0.5, 0.6) is 5.75 Å². The Kier molecular flexibility index (Phi) is 4.28. The number of anilines is 1. The summed E-state index contributed by atoms with van der Waals surface area (Å²) >= 11 is 0. The van der Waals surface area contributed by atoms with Gasteiger partial charge in [0.1, 0.15) is 11.6 Å². The van der Waals surface area contributed by atoms with Crippen molar-refractivity contribution in [1.82, 2.24) is 4.57 Å². The summed E-state index contributed by atoms with van der Waals surface area (Å²) in [6.07, 6.45) is 2.28. The van der Waals surface area contributed by atoms with Crippen molar-refractivity contribution >= 4 is 16.5 Å². The number of nitrogen functional groups attached to an aromatic ring is 1. The van der Waals surface area contributed by atoms with E-state index >= 15 is 0 Å². The third-order valence-corrected chi connectivity index (χ3v) is 3.64. The summed E-state index contributed by atoms with van der Waals surface area (Å²) in [7, 11) is 0. The molecule has 0 saturated carbocycles. The van der Waals surface area contributed by atoms with Crippen molar-refractivity contribution in [2.45, 2.75) is 13.0 Å². The fourth-order valence-corrected chi connectivity index (χ4v) is 2.49. The van der Waals surface area contributed by atoms with Gasteiger partial charge in [-0.1, -0.05) is 12.1 Å². The molecule has 0 bridgehead atoms. The lowest BCUT2D eigenvalue weighted by Gasteiger charge is -2.09. The maximum atomic E-state index is 13.6. The standard InChI is InChI=1S/C18H17FN2O2/c19-17-7-2-6-16-15(17)8-10-21(18(16)22)9-3-11-23-14-5-1-4-13(20)12-14/h1-2,4-8,10,12H,3,9,11,20H2. The Labute approximate surface area is 132 Å². The second-order valence-electron chi connectivity index (χ2n) is 5.29. The number of fused-ring (bicyclic) bond motifs is 1. The van der Waals surface area contributed by atoms with Gasteiger partial charge in [-0.2, -0.15) is 0 Å². The van der Waals surface area contributed by atoms with Crippen LogP contribution >= 0.6 is 0 Å². The molecule has 0 unspecified atom stereocenters. The van der Waals surface area contributed by atoms with Gasteiger partial charge in [-0.25, -0.2) is 4.39 Å². The monoisotopic (exact) mass is 312 g/mol. The van der Waals surface area contributed by atoms with Crippen LogP contribution in [0.4, 0.5) is 10.1 Å². The molecule has 3 aromatic rings. The van der Waals surface area contributed by atoms with E-state index in [1.54, 1.807) is 41.1 Å². The molecule has 0 saturated heterocycles. The Morgan fingerprint density at radius 3 is 2.74 bits per heavy atom. The molecule has 4 nitrogen and oxygen atoms in total. The normalized spacial score (nSPS) is 10.8. The third-order valence-electron chi connectivity index (χ3n) is 3.64. The summed E-state index contributed by atoms with van der Waals surface area (Å²) < 4.78 is 20.8. The van der Waals surface area contributed by atoms with E-state index in [0.29, 0.717) is 41.8 Å². The molecule has 0 fully saturated rings. The molecule has 0 amide bonds. The first-order valence-corrected chi connectivity index (χ1v) is 7.41. The average molecular weight is 312 g/mol. The quantitative estimate of drug-likeness (QED) is 0.581. The second-order valence-corrected chi connectivity index (χ2v) is 5.29. The molecule has 2 aromatic carbocycles. The van der Waals surface area contributed by atoms with E-state index in [1.807, 2.05) is 12.1 Å². The minimum absolute atomic E-state index is 0.189. The van der Waals surface area contributed by atoms with E-state index in [4.69, 9.17) is 10.5 Å². The predicted octanol–water partition coefficient (Wildman–Crippen LogP) is 3.19. The first-order valence-electron chi connectivity index (χ1n) is 7.41. The lowest BCUT2D eigenvalue weighted by Crippen LogP contribution is -2.20. The Hall–Kier alpha value is -2.82. The number of pyridine rings is 1.